The average Bonchev–Trinajstić information content (AvgIpc) is 2.81. The third-order valence-corrected chi connectivity index (χ3v) is 7.89. The van der Waals surface area contributed by atoms with Crippen LogP contribution in [-0.2, 0) is 14.9 Å². The smallest absolute Gasteiger partial charge is 0.226 e. The number of amides is 1. The van der Waals surface area contributed by atoms with E-state index in [1.807, 2.05) is 12.1 Å². The Morgan fingerprint density at radius 3 is 2.39 bits per heavy atom. The van der Waals surface area contributed by atoms with Crippen molar-refractivity contribution in [2.75, 3.05) is 26.4 Å². The molecule has 1 unspecified atom stereocenters. The van der Waals surface area contributed by atoms with Crippen molar-refractivity contribution in [2.45, 2.75) is 69.2 Å². The molecule has 170 valence electrons. The zero-order valence-corrected chi connectivity index (χ0v) is 18.6. The monoisotopic (exact) mass is 430 g/mol. The number of benzene rings is 1. The second-order valence-corrected chi connectivity index (χ2v) is 10.0. The summed E-state index contributed by atoms with van der Waals surface area (Å²) in [6, 6.07) is 8.19. The molecule has 0 radical (unpaired) electrons. The number of halogens is 1. The minimum atomic E-state index is -0.229. The van der Waals surface area contributed by atoms with Crippen LogP contribution in [0.25, 0.3) is 0 Å². The molecule has 5 nitrogen and oxygen atoms in total. The first-order chi connectivity index (χ1) is 14.9. The van der Waals surface area contributed by atoms with Gasteiger partial charge in [0.15, 0.2) is 0 Å². The molecule has 0 spiro atoms. The molecule has 0 aromatic heterocycles. The van der Waals surface area contributed by atoms with E-state index in [9.17, 15) is 9.18 Å². The van der Waals surface area contributed by atoms with Crippen molar-refractivity contribution in [3.63, 3.8) is 0 Å². The largest absolute Gasteiger partial charge is 0.489 e. The van der Waals surface area contributed by atoms with Crippen LogP contribution in [0.3, 0.4) is 0 Å². The van der Waals surface area contributed by atoms with Crippen molar-refractivity contribution in [2.24, 2.45) is 11.1 Å². The maximum atomic E-state index is 13.3. The van der Waals surface area contributed by atoms with Crippen LogP contribution >= 0.6 is 0 Å². The van der Waals surface area contributed by atoms with Crippen LogP contribution < -0.4 is 15.8 Å². The molecule has 1 heterocycles. The van der Waals surface area contributed by atoms with Gasteiger partial charge >= 0.3 is 0 Å². The van der Waals surface area contributed by atoms with Crippen LogP contribution in [0.15, 0.2) is 36.2 Å². The quantitative estimate of drug-likeness (QED) is 0.681. The predicted molar refractivity (Wildman–Crippen MR) is 119 cm³/mol. The predicted octanol–water partition coefficient (Wildman–Crippen LogP) is 4.15. The fraction of sp³-hybridized carbons (Fsp3) is 0.640. The number of rotatable bonds is 7. The summed E-state index contributed by atoms with van der Waals surface area (Å²) >= 11 is 0. The van der Waals surface area contributed by atoms with Gasteiger partial charge in [0.05, 0.1) is 18.5 Å². The Kier molecular flexibility index (Phi) is 6.40. The van der Waals surface area contributed by atoms with E-state index in [1.54, 1.807) is 0 Å². The number of ether oxygens (including phenoxy) is 2. The number of hydrogen-bond donors (Lipinski definition) is 2. The Morgan fingerprint density at radius 2 is 1.84 bits per heavy atom. The topological polar surface area (TPSA) is 73.6 Å². The molecular weight excluding hydrogens is 395 g/mol. The van der Waals surface area contributed by atoms with Gasteiger partial charge in [0.1, 0.15) is 12.4 Å². The van der Waals surface area contributed by atoms with E-state index in [-0.39, 0.29) is 35.4 Å². The lowest BCUT2D eigenvalue weighted by atomic mass is 9.51. The van der Waals surface area contributed by atoms with Crippen molar-refractivity contribution in [3.05, 3.63) is 41.7 Å². The highest BCUT2D eigenvalue weighted by atomic mass is 19.1. The normalized spacial score (nSPS) is 33.2. The molecule has 31 heavy (non-hydrogen) atoms. The van der Waals surface area contributed by atoms with E-state index in [0.717, 1.165) is 63.7 Å². The number of nitrogens with two attached hydrogens (primary N) is 1. The molecule has 3 aliphatic carbocycles. The molecule has 1 aromatic carbocycles. The summed E-state index contributed by atoms with van der Waals surface area (Å²) in [5.41, 5.74) is 6.94. The number of carbonyl (C=O) groups is 1. The highest BCUT2D eigenvalue weighted by Gasteiger charge is 2.53. The first-order valence-corrected chi connectivity index (χ1v) is 11.5. The highest BCUT2D eigenvalue weighted by Crippen LogP contribution is 2.58. The van der Waals surface area contributed by atoms with E-state index in [2.05, 4.69) is 24.4 Å². The van der Waals surface area contributed by atoms with Gasteiger partial charge in [-0.2, -0.15) is 0 Å². The summed E-state index contributed by atoms with van der Waals surface area (Å²) in [5, 5.41) is 3.35. The second kappa shape index (κ2) is 8.91. The molecule has 1 saturated heterocycles. The van der Waals surface area contributed by atoms with Crippen molar-refractivity contribution in [1.29, 1.82) is 0 Å². The summed E-state index contributed by atoms with van der Waals surface area (Å²) in [6.45, 7) is 3.84. The lowest BCUT2D eigenvalue weighted by Gasteiger charge is -2.53. The third kappa shape index (κ3) is 4.51. The maximum absolute atomic E-state index is 13.3. The molecule has 5 rings (SSSR count). The Balaban J connectivity index is 1.37. The molecule has 6 heteroatoms. The van der Waals surface area contributed by atoms with Crippen LogP contribution in [-0.4, -0.2) is 37.8 Å². The van der Waals surface area contributed by atoms with Gasteiger partial charge in [-0.25, -0.2) is 4.39 Å². The molecule has 1 amide bonds. The van der Waals surface area contributed by atoms with E-state index in [0.29, 0.717) is 18.5 Å². The summed E-state index contributed by atoms with van der Waals surface area (Å²) in [5.74, 6) is 0.949. The van der Waals surface area contributed by atoms with Crippen molar-refractivity contribution >= 4 is 5.91 Å². The third-order valence-electron chi connectivity index (χ3n) is 7.89. The standard InChI is InChI=1S/C25H35FN2O3/c1-23(7-2-14-30-18-23)28-22(29)25-11-8-24(9-12-25,10-13-25)20-3-5-21(6-4-20)31-17-19(15-26)16-27/h3-6,15H,2,7-14,16-18,27H2,1H3,(H,28,29)/b19-15+. The summed E-state index contributed by atoms with van der Waals surface area (Å²) in [6.07, 6.45) is 8.44. The van der Waals surface area contributed by atoms with E-state index in [1.165, 1.54) is 5.56 Å². The van der Waals surface area contributed by atoms with E-state index >= 15 is 0 Å². The van der Waals surface area contributed by atoms with Crippen LogP contribution in [0.5, 0.6) is 5.75 Å². The van der Waals surface area contributed by atoms with E-state index in [4.69, 9.17) is 15.2 Å². The van der Waals surface area contributed by atoms with Gasteiger partial charge in [-0.1, -0.05) is 12.1 Å². The van der Waals surface area contributed by atoms with Crippen molar-refractivity contribution in [3.8, 4) is 5.75 Å². The summed E-state index contributed by atoms with van der Waals surface area (Å²) in [4.78, 5) is 13.3. The molecule has 1 aliphatic heterocycles. The van der Waals surface area contributed by atoms with Crippen LogP contribution in [0.2, 0.25) is 0 Å². The van der Waals surface area contributed by atoms with Gasteiger partial charge in [0.2, 0.25) is 5.91 Å². The average molecular weight is 431 g/mol. The van der Waals surface area contributed by atoms with Crippen LogP contribution in [0, 0.1) is 5.41 Å². The Morgan fingerprint density at radius 1 is 1.16 bits per heavy atom. The Labute approximate surface area is 184 Å². The Hall–Kier alpha value is -1.92. The van der Waals surface area contributed by atoms with E-state index < -0.39 is 0 Å². The summed E-state index contributed by atoms with van der Waals surface area (Å²) in [7, 11) is 0. The fourth-order valence-electron chi connectivity index (χ4n) is 5.61. The van der Waals surface area contributed by atoms with Gasteiger partial charge < -0.3 is 20.5 Å². The zero-order chi connectivity index (χ0) is 22.0. The van der Waals surface area contributed by atoms with Crippen LogP contribution in [0.4, 0.5) is 4.39 Å². The molecule has 2 bridgehead atoms. The first kappa shape index (κ1) is 22.3. The highest BCUT2D eigenvalue weighted by molar-refractivity contribution is 5.84. The van der Waals surface area contributed by atoms with Crippen molar-refractivity contribution in [1.82, 2.24) is 5.32 Å². The number of fused-ring (bicyclic) bond motifs is 3. The van der Waals surface area contributed by atoms with Gasteiger partial charge in [0.25, 0.3) is 0 Å². The van der Waals surface area contributed by atoms with Crippen molar-refractivity contribution < 1.29 is 18.7 Å². The molecule has 4 aliphatic rings. The maximum Gasteiger partial charge on any atom is 0.226 e. The number of hydrogen-bond acceptors (Lipinski definition) is 4. The zero-order valence-electron chi connectivity index (χ0n) is 18.6. The molecule has 3 saturated carbocycles. The lowest BCUT2D eigenvalue weighted by Crippen LogP contribution is -2.58. The van der Waals surface area contributed by atoms with Gasteiger partial charge in [0, 0.05) is 24.1 Å². The minimum Gasteiger partial charge on any atom is -0.489 e. The second-order valence-electron chi connectivity index (χ2n) is 10.0. The van der Waals surface area contributed by atoms with Gasteiger partial charge in [-0.05, 0) is 81.4 Å². The minimum absolute atomic E-state index is 0.152. The molecule has 3 N–H and O–H groups in total. The van der Waals surface area contributed by atoms with Crippen LogP contribution in [0.1, 0.15) is 63.9 Å². The molecular formula is C25H35FN2O3. The number of nitrogens with one attached hydrogen (secondary N) is 1. The molecule has 4 fully saturated rings. The number of carbonyl (C=O) groups excluding carboxylic acids is 1. The lowest BCUT2D eigenvalue weighted by molar-refractivity contribution is -0.141. The van der Waals surface area contributed by atoms with Gasteiger partial charge in [-0.3, -0.25) is 4.79 Å². The fourth-order valence-corrected chi connectivity index (χ4v) is 5.61. The first-order valence-electron chi connectivity index (χ1n) is 11.5. The Bertz CT molecular complexity index is 790. The SMILES string of the molecule is CC1(NC(=O)C23CCC(c4ccc(OC/C(=C/F)CN)cc4)(CC2)CC3)CCCOC1. The van der Waals surface area contributed by atoms with Gasteiger partial charge in [-0.15, -0.1) is 0 Å². The molecule has 1 aromatic rings. The summed E-state index contributed by atoms with van der Waals surface area (Å²) < 4.78 is 23.9. The molecule has 1 atom stereocenters.